The highest BCUT2D eigenvalue weighted by Gasteiger charge is 2.12. The fourth-order valence-electron chi connectivity index (χ4n) is 2.08. The quantitative estimate of drug-likeness (QED) is 0.767. The van der Waals surface area contributed by atoms with E-state index in [0.717, 1.165) is 17.4 Å². The van der Waals surface area contributed by atoms with Crippen molar-refractivity contribution in [2.24, 2.45) is 0 Å². The lowest BCUT2D eigenvalue weighted by atomic mass is 10.1. The number of para-hydroxylation sites is 1. The van der Waals surface area contributed by atoms with Gasteiger partial charge in [-0.25, -0.2) is 0 Å². The monoisotopic (exact) mass is 273 g/mol. The molecule has 0 unspecified atom stereocenters. The Hall–Kier alpha value is -2.14. The maximum atomic E-state index is 12.1. The molecular weight excluding hydrogens is 254 g/mol. The van der Waals surface area contributed by atoms with Gasteiger partial charge in [-0.15, -0.1) is 0 Å². The van der Waals surface area contributed by atoms with Crippen LogP contribution >= 0.6 is 0 Å². The number of likely N-dealkylation sites (N-methyl/N-ethyl adjacent to an activating group) is 1. The summed E-state index contributed by atoms with van der Waals surface area (Å²) in [5.41, 5.74) is 0.514. The van der Waals surface area contributed by atoms with E-state index >= 15 is 0 Å². The topological polar surface area (TPSA) is 74.0 Å². The minimum absolute atomic E-state index is 0.146. The Balaban J connectivity index is 2.17. The summed E-state index contributed by atoms with van der Waals surface area (Å²) in [6.45, 7) is 5.31. The number of H-pyrrole nitrogens is 1. The normalized spacial score (nSPS) is 12.3. The first-order valence-electron chi connectivity index (χ1n) is 6.75. The molecule has 2 rings (SSSR count). The average molecular weight is 273 g/mol. The molecule has 0 spiro atoms. The molecule has 0 aliphatic rings. The molecule has 1 heterocycles. The van der Waals surface area contributed by atoms with Crippen LogP contribution in [-0.2, 0) is 0 Å². The van der Waals surface area contributed by atoms with Gasteiger partial charge in [0.25, 0.3) is 11.5 Å². The lowest BCUT2D eigenvalue weighted by Crippen LogP contribution is -2.40. The lowest BCUT2D eigenvalue weighted by Gasteiger charge is -2.13. The molecule has 0 saturated heterocycles. The van der Waals surface area contributed by atoms with Crippen LogP contribution in [0.15, 0.2) is 35.1 Å². The lowest BCUT2D eigenvalue weighted by molar-refractivity contribution is 0.0949. The molecular formula is C15H19N3O2. The molecule has 0 aliphatic carbocycles. The van der Waals surface area contributed by atoms with Crippen LogP contribution in [0.25, 0.3) is 10.9 Å². The number of aromatic nitrogens is 1. The Kier molecular flexibility index (Phi) is 4.53. The third-order valence-electron chi connectivity index (χ3n) is 3.12. The molecule has 3 N–H and O–H groups in total. The van der Waals surface area contributed by atoms with Crippen molar-refractivity contribution in [2.75, 3.05) is 13.1 Å². The number of amides is 1. The zero-order valence-electron chi connectivity index (χ0n) is 11.7. The number of pyridine rings is 1. The van der Waals surface area contributed by atoms with E-state index in [1.54, 1.807) is 6.07 Å². The van der Waals surface area contributed by atoms with Gasteiger partial charge in [-0.05, 0) is 31.0 Å². The summed E-state index contributed by atoms with van der Waals surface area (Å²) < 4.78 is 0. The summed E-state index contributed by atoms with van der Waals surface area (Å²) in [7, 11) is 0. The Morgan fingerprint density at radius 1 is 1.35 bits per heavy atom. The smallest absolute Gasteiger partial charge is 0.261 e. The Labute approximate surface area is 117 Å². The van der Waals surface area contributed by atoms with Gasteiger partial charge in [0.05, 0.1) is 0 Å². The van der Waals surface area contributed by atoms with E-state index in [0.29, 0.717) is 6.54 Å². The third kappa shape index (κ3) is 3.24. The molecule has 1 aromatic heterocycles. The fourth-order valence-corrected chi connectivity index (χ4v) is 2.08. The minimum atomic E-state index is -0.364. The van der Waals surface area contributed by atoms with Crippen molar-refractivity contribution in [1.29, 1.82) is 0 Å². The zero-order chi connectivity index (χ0) is 14.5. The van der Waals surface area contributed by atoms with Gasteiger partial charge in [-0.1, -0.05) is 25.1 Å². The summed E-state index contributed by atoms with van der Waals surface area (Å²) in [5.74, 6) is -0.346. The van der Waals surface area contributed by atoms with E-state index in [-0.39, 0.29) is 23.1 Å². The first kappa shape index (κ1) is 14.3. The van der Waals surface area contributed by atoms with Crippen molar-refractivity contribution >= 4 is 16.8 Å². The molecule has 0 fully saturated rings. The van der Waals surface area contributed by atoms with Gasteiger partial charge < -0.3 is 15.6 Å². The molecule has 1 amide bonds. The predicted molar refractivity (Wildman–Crippen MR) is 80.0 cm³/mol. The maximum Gasteiger partial charge on any atom is 0.261 e. The van der Waals surface area contributed by atoms with Crippen LogP contribution in [0.5, 0.6) is 0 Å². The minimum Gasteiger partial charge on any atom is -0.350 e. The highest BCUT2D eigenvalue weighted by molar-refractivity contribution is 5.97. The standard InChI is InChI=1S/C15H19N3O2/c1-3-16-10(2)9-17-14(19)12-8-11-6-4-5-7-13(11)18-15(12)20/h4-8,10,16H,3,9H2,1-2H3,(H,17,19)(H,18,20)/t10-/m1/s1. The van der Waals surface area contributed by atoms with Gasteiger partial charge in [-0.2, -0.15) is 0 Å². The largest absolute Gasteiger partial charge is 0.350 e. The molecule has 0 radical (unpaired) electrons. The van der Waals surface area contributed by atoms with Crippen LogP contribution in [0, 0.1) is 0 Å². The number of carbonyl (C=O) groups is 1. The number of hydrogen-bond acceptors (Lipinski definition) is 3. The summed E-state index contributed by atoms with van der Waals surface area (Å²) in [6.07, 6.45) is 0. The number of rotatable bonds is 5. The van der Waals surface area contributed by atoms with Crippen molar-refractivity contribution in [2.45, 2.75) is 19.9 Å². The van der Waals surface area contributed by atoms with Gasteiger partial charge in [0.2, 0.25) is 0 Å². The summed E-state index contributed by atoms with van der Waals surface area (Å²) in [5, 5.41) is 6.81. The van der Waals surface area contributed by atoms with Crippen LogP contribution in [0.3, 0.4) is 0 Å². The zero-order valence-corrected chi connectivity index (χ0v) is 11.7. The van der Waals surface area contributed by atoms with Crippen LogP contribution in [0.1, 0.15) is 24.2 Å². The number of hydrogen-bond donors (Lipinski definition) is 3. The summed E-state index contributed by atoms with van der Waals surface area (Å²) in [6, 6.07) is 9.19. The number of fused-ring (bicyclic) bond motifs is 1. The van der Waals surface area contributed by atoms with Crippen LogP contribution < -0.4 is 16.2 Å². The molecule has 106 valence electrons. The number of benzene rings is 1. The van der Waals surface area contributed by atoms with Crippen LogP contribution in [0.2, 0.25) is 0 Å². The van der Waals surface area contributed by atoms with Gasteiger partial charge in [-0.3, -0.25) is 9.59 Å². The SMILES string of the molecule is CCN[C@H](C)CNC(=O)c1cc2ccccc2[nH]c1=O. The molecule has 1 aromatic carbocycles. The molecule has 20 heavy (non-hydrogen) atoms. The molecule has 5 heteroatoms. The van der Waals surface area contributed by atoms with E-state index in [2.05, 4.69) is 15.6 Å². The van der Waals surface area contributed by atoms with E-state index in [9.17, 15) is 9.59 Å². The Morgan fingerprint density at radius 2 is 2.10 bits per heavy atom. The third-order valence-corrected chi connectivity index (χ3v) is 3.12. The van der Waals surface area contributed by atoms with Gasteiger partial charge in [0.1, 0.15) is 5.56 Å². The van der Waals surface area contributed by atoms with E-state index < -0.39 is 0 Å². The number of aromatic amines is 1. The maximum absolute atomic E-state index is 12.1. The van der Waals surface area contributed by atoms with Crippen molar-refractivity contribution in [3.8, 4) is 0 Å². The highest BCUT2D eigenvalue weighted by atomic mass is 16.2. The second-order valence-corrected chi connectivity index (χ2v) is 4.77. The van der Waals surface area contributed by atoms with Crippen molar-refractivity contribution < 1.29 is 4.79 Å². The predicted octanol–water partition coefficient (Wildman–Crippen LogP) is 1.26. The van der Waals surface area contributed by atoms with Gasteiger partial charge in [0, 0.05) is 18.1 Å². The molecule has 5 nitrogen and oxygen atoms in total. The Bertz CT molecular complexity index is 663. The van der Waals surface area contributed by atoms with Crippen LogP contribution in [-0.4, -0.2) is 30.0 Å². The second kappa shape index (κ2) is 6.34. The number of carbonyl (C=O) groups excluding carboxylic acids is 1. The first-order chi connectivity index (χ1) is 9.61. The summed E-state index contributed by atoms with van der Waals surface area (Å²) >= 11 is 0. The Morgan fingerprint density at radius 3 is 2.85 bits per heavy atom. The average Bonchev–Trinajstić information content (AvgIpc) is 2.44. The van der Waals surface area contributed by atoms with Gasteiger partial charge in [0.15, 0.2) is 0 Å². The molecule has 0 bridgehead atoms. The van der Waals surface area contributed by atoms with Gasteiger partial charge >= 0.3 is 0 Å². The second-order valence-electron chi connectivity index (χ2n) is 4.77. The van der Waals surface area contributed by atoms with E-state index in [1.165, 1.54) is 0 Å². The fraction of sp³-hybridized carbons (Fsp3) is 0.333. The van der Waals surface area contributed by atoms with E-state index in [4.69, 9.17) is 0 Å². The van der Waals surface area contributed by atoms with Crippen molar-refractivity contribution in [3.63, 3.8) is 0 Å². The molecule has 1 atom stereocenters. The molecule has 0 aliphatic heterocycles. The number of nitrogens with one attached hydrogen (secondary N) is 3. The van der Waals surface area contributed by atoms with E-state index in [1.807, 2.05) is 38.1 Å². The molecule has 2 aromatic rings. The van der Waals surface area contributed by atoms with Crippen molar-refractivity contribution in [1.82, 2.24) is 15.6 Å². The highest BCUT2D eigenvalue weighted by Crippen LogP contribution is 2.09. The van der Waals surface area contributed by atoms with Crippen molar-refractivity contribution in [3.05, 3.63) is 46.2 Å². The van der Waals surface area contributed by atoms with Crippen LogP contribution in [0.4, 0.5) is 0 Å². The summed E-state index contributed by atoms with van der Waals surface area (Å²) in [4.78, 5) is 26.7. The molecule has 0 saturated carbocycles. The first-order valence-corrected chi connectivity index (χ1v) is 6.75.